The molecule has 1 saturated heterocycles. The van der Waals surface area contributed by atoms with Gasteiger partial charge in [-0.2, -0.15) is 0 Å². The van der Waals surface area contributed by atoms with Crippen LogP contribution in [0, 0.1) is 0 Å². The first kappa shape index (κ1) is 28.9. The second-order valence-corrected chi connectivity index (χ2v) is 9.81. The third-order valence-electron chi connectivity index (χ3n) is 6.20. The van der Waals surface area contributed by atoms with Gasteiger partial charge in [0.25, 0.3) is 0 Å². The fraction of sp³-hybridized carbons (Fsp3) is 0.219. The number of ether oxygens (including phenoxy) is 4. The van der Waals surface area contributed by atoms with E-state index in [0.29, 0.717) is 33.4 Å². The molecule has 1 fully saturated rings. The van der Waals surface area contributed by atoms with E-state index in [1.807, 2.05) is 36.4 Å². The van der Waals surface area contributed by atoms with Crippen LogP contribution in [0.5, 0.6) is 17.4 Å². The van der Waals surface area contributed by atoms with Gasteiger partial charge in [0, 0.05) is 24.0 Å². The molecule has 3 aromatic heterocycles. The van der Waals surface area contributed by atoms with Crippen LogP contribution in [0.3, 0.4) is 0 Å². The second kappa shape index (κ2) is 14.3. The summed E-state index contributed by atoms with van der Waals surface area (Å²) in [6.07, 6.45) is 6.26. The van der Waals surface area contributed by atoms with Gasteiger partial charge in [-0.25, -0.2) is 14.8 Å². The number of hydrogen-bond donors (Lipinski definition) is 0. The minimum atomic E-state index is -0.726. The van der Waals surface area contributed by atoms with Crippen molar-refractivity contribution in [2.75, 3.05) is 13.2 Å². The summed E-state index contributed by atoms with van der Waals surface area (Å²) in [7, 11) is 0. The van der Waals surface area contributed by atoms with Gasteiger partial charge in [-0.05, 0) is 86.5 Å². The van der Waals surface area contributed by atoms with Crippen LogP contribution in [0.2, 0.25) is 5.02 Å². The maximum Gasteiger partial charge on any atom is 0.347 e. The van der Waals surface area contributed by atoms with Crippen LogP contribution in [0.15, 0.2) is 97.5 Å². The largest absolute Gasteiger partial charge is 0.479 e. The molecule has 4 heterocycles. The third-order valence-corrected chi connectivity index (χ3v) is 6.44. The number of fused-ring (bicyclic) bond motifs is 1. The monoisotopic (exact) mass is 584 g/mol. The number of carbonyl (C=O) groups excluding carboxylic acids is 1. The minimum Gasteiger partial charge on any atom is -0.479 e. The maximum atomic E-state index is 12.1. The predicted molar refractivity (Wildman–Crippen MR) is 159 cm³/mol. The number of pyridine rings is 2. The Kier molecular flexibility index (Phi) is 9.87. The molecule has 0 saturated carbocycles. The summed E-state index contributed by atoms with van der Waals surface area (Å²) in [5.41, 5.74) is 3.21. The molecule has 0 amide bonds. The molecule has 1 aliphatic heterocycles. The first-order valence-electron chi connectivity index (χ1n) is 13.5. The second-order valence-electron chi connectivity index (χ2n) is 9.37. The molecule has 0 N–H and O–H groups in total. The van der Waals surface area contributed by atoms with Crippen molar-refractivity contribution < 1.29 is 23.7 Å². The van der Waals surface area contributed by atoms with E-state index in [9.17, 15) is 4.79 Å². The van der Waals surface area contributed by atoms with Gasteiger partial charge in [0.1, 0.15) is 18.1 Å². The SMILES string of the molecule is CC(Oc1ccc(Oc2cnc3cc(Cl)ccc3n2)cc1)C(=O)OCC1CCCO1.c1ccc(-c2ccccn2)nc1. The molecule has 1 aliphatic rings. The van der Waals surface area contributed by atoms with Gasteiger partial charge >= 0.3 is 5.97 Å². The maximum absolute atomic E-state index is 12.1. The zero-order chi connectivity index (χ0) is 29.1. The number of halogens is 1. The van der Waals surface area contributed by atoms with Gasteiger partial charge in [-0.15, -0.1) is 0 Å². The van der Waals surface area contributed by atoms with Crippen molar-refractivity contribution in [1.82, 2.24) is 19.9 Å². The first-order valence-corrected chi connectivity index (χ1v) is 13.9. The fourth-order valence-electron chi connectivity index (χ4n) is 4.07. The number of rotatable bonds is 8. The highest BCUT2D eigenvalue weighted by molar-refractivity contribution is 6.31. The molecule has 2 aromatic carbocycles. The van der Waals surface area contributed by atoms with Crippen molar-refractivity contribution in [3.05, 3.63) is 102 Å². The number of benzene rings is 2. The van der Waals surface area contributed by atoms with Gasteiger partial charge in [0.15, 0.2) is 6.10 Å². The summed E-state index contributed by atoms with van der Waals surface area (Å²) >= 11 is 5.96. The lowest BCUT2D eigenvalue weighted by Gasteiger charge is -2.16. The highest BCUT2D eigenvalue weighted by Gasteiger charge is 2.21. The Morgan fingerprint density at radius 3 is 2.29 bits per heavy atom. The Morgan fingerprint density at radius 1 is 0.929 bits per heavy atom. The van der Waals surface area contributed by atoms with Crippen molar-refractivity contribution in [2.24, 2.45) is 0 Å². The van der Waals surface area contributed by atoms with Gasteiger partial charge in [0.2, 0.25) is 5.88 Å². The Hall–Kier alpha value is -4.60. The topological polar surface area (TPSA) is 106 Å². The van der Waals surface area contributed by atoms with E-state index in [1.54, 1.807) is 61.8 Å². The van der Waals surface area contributed by atoms with Gasteiger partial charge < -0.3 is 18.9 Å². The van der Waals surface area contributed by atoms with Crippen molar-refractivity contribution in [3.63, 3.8) is 0 Å². The highest BCUT2D eigenvalue weighted by Crippen LogP contribution is 2.25. The highest BCUT2D eigenvalue weighted by atomic mass is 35.5. The van der Waals surface area contributed by atoms with Crippen LogP contribution in [0.1, 0.15) is 19.8 Å². The molecule has 0 spiro atoms. The van der Waals surface area contributed by atoms with E-state index in [0.717, 1.165) is 30.8 Å². The standard InChI is InChI=1S/C22H21ClN2O5.C10H8N2/c1-14(22(26)28-13-18-3-2-10-27-18)29-16-5-7-17(8-6-16)30-21-12-24-20-11-15(23)4-9-19(20)25-21;1-3-7-11-9(5-1)10-6-2-4-8-12-10/h4-9,11-12,14,18H,2-3,10,13H2,1H3;1-8H. The van der Waals surface area contributed by atoms with Crippen LogP contribution in [0.4, 0.5) is 0 Å². The Balaban J connectivity index is 0.000000244. The summed E-state index contributed by atoms with van der Waals surface area (Å²) in [5.74, 6) is 1.05. The van der Waals surface area contributed by atoms with E-state index in [4.69, 9.17) is 30.5 Å². The molecular weight excluding hydrogens is 556 g/mol. The smallest absolute Gasteiger partial charge is 0.347 e. The average molecular weight is 585 g/mol. The number of hydrogen-bond acceptors (Lipinski definition) is 9. The van der Waals surface area contributed by atoms with Crippen LogP contribution in [-0.2, 0) is 14.3 Å². The fourth-order valence-corrected chi connectivity index (χ4v) is 4.24. The predicted octanol–water partition coefficient (Wildman–Crippen LogP) is 6.71. The Bertz CT molecular complexity index is 1550. The molecule has 6 rings (SSSR count). The summed E-state index contributed by atoms with van der Waals surface area (Å²) in [4.78, 5) is 29.2. The molecule has 42 heavy (non-hydrogen) atoms. The van der Waals surface area contributed by atoms with Crippen LogP contribution in [0.25, 0.3) is 22.4 Å². The molecule has 2 atom stereocenters. The van der Waals surface area contributed by atoms with Gasteiger partial charge in [-0.3, -0.25) is 9.97 Å². The normalized spacial score (nSPS) is 14.9. The van der Waals surface area contributed by atoms with Crippen LogP contribution in [-0.4, -0.2) is 51.3 Å². The molecule has 0 radical (unpaired) electrons. The Labute approximate surface area is 248 Å². The summed E-state index contributed by atoms with van der Waals surface area (Å²) in [6.45, 7) is 2.64. The zero-order valence-electron chi connectivity index (χ0n) is 22.9. The number of nitrogens with zero attached hydrogens (tertiary/aromatic N) is 4. The molecular formula is C32H29ClN4O5. The Morgan fingerprint density at radius 2 is 1.64 bits per heavy atom. The van der Waals surface area contributed by atoms with Crippen molar-refractivity contribution in [3.8, 4) is 28.8 Å². The van der Waals surface area contributed by atoms with E-state index < -0.39 is 12.1 Å². The lowest BCUT2D eigenvalue weighted by Crippen LogP contribution is -2.29. The first-order chi connectivity index (χ1) is 20.5. The molecule has 214 valence electrons. The van der Waals surface area contributed by atoms with E-state index in [1.165, 1.54) is 6.20 Å². The number of carbonyl (C=O) groups is 1. The quantitative estimate of drug-likeness (QED) is 0.184. The summed E-state index contributed by atoms with van der Waals surface area (Å²) < 4.78 is 22.1. The lowest BCUT2D eigenvalue weighted by atomic mass is 10.2. The molecule has 9 nitrogen and oxygen atoms in total. The van der Waals surface area contributed by atoms with Crippen LogP contribution >= 0.6 is 11.6 Å². The molecule has 0 bridgehead atoms. The molecule has 2 unspecified atom stereocenters. The van der Waals surface area contributed by atoms with E-state index >= 15 is 0 Å². The molecule has 0 aliphatic carbocycles. The van der Waals surface area contributed by atoms with Crippen LogP contribution < -0.4 is 9.47 Å². The number of esters is 1. The third kappa shape index (κ3) is 8.22. The van der Waals surface area contributed by atoms with Crippen molar-refractivity contribution in [2.45, 2.75) is 32.0 Å². The lowest BCUT2D eigenvalue weighted by molar-refractivity contribution is -0.154. The van der Waals surface area contributed by atoms with Gasteiger partial charge in [-0.1, -0.05) is 23.7 Å². The zero-order valence-corrected chi connectivity index (χ0v) is 23.7. The molecule has 10 heteroatoms. The van der Waals surface area contributed by atoms with E-state index in [2.05, 4.69) is 19.9 Å². The summed E-state index contributed by atoms with van der Waals surface area (Å²) in [5, 5.41) is 0.603. The molecule has 5 aromatic rings. The average Bonchev–Trinajstić information content (AvgIpc) is 3.56. The minimum absolute atomic E-state index is 0.00669. The van der Waals surface area contributed by atoms with E-state index in [-0.39, 0.29) is 12.7 Å². The summed E-state index contributed by atoms with van der Waals surface area (Å²) in [6, 6.07) is 23.8. The van der Waals surface area contributed by atoms with Gasteiger partial charge in [0.05, 0.1) is 34.7 Å². The van der Waals surface area contributed by atoms with Crippen molar-refractivity contribution in [1.29, 1.82) is 0 Å². The van der Waals surface area contributed by atoms with Crippen molar-refractivity contribution >= 4 is 28.6 Å². The number of aromatic nitrogens is 4.